The normalized spacial score (nSPS) is 30.5. The van der Waals surface area contributed by atoms with Gasteiger partial charge in [-0.05, 0) is 79.9 Å². The molecule has 0 heterocycles. The van der Waals surface area contributed by atoms with Crippen molar-refractivity contribution in [2.24, 2.45) is 17.8 Å². The van der Waals surface area contributed by atoms with Gasteiger partial charge in [0.2, 0.25) is 0 Å². The van der Waals surface area contributed by atoms with Crippen molar-refractivity contribution in [1.82, 2.24) is 0 Å². The predicted molar refractivity (Wildman–Crippen MR) is 96.5 cm³/mol. The van der Waals surface area contributed by atoms with Crippen LogP contribution < -0.4 is 4.74 Å². The minimum Gasteiger partial charge on any atom is -0.478 e. The SMILES string of the molecule is C#CCOc1ccc(C2CCC(C3CCC(C)CC3)CC2)cc1F. The first-order valence-corrected chi connectivity index (χ1v) is 9.53. The van der Waals surface area contributed by atoms with Crippen molar-refractivity contribution >= 4 is 0 Å². The van der Waals surface area contributed by atoms with E-state index in [1.807, 2.05) is 6.07 Å². The fourth-order valence-corrected chi connectivity index (χ4v) is 4.69. The first kappa shape index (κ1) is 17.3. The molecule has 0 radical (unpaired) electrons. The smallest absolute Gasteiger partial charge is 0.165 e. The summed E-state index contributed by atoms with van der Waals surface area (Å²) >= 11 is 0. The zero-order chi connectivity index (χ0) is 16.9. The maximum atomic E-state index is 14.1. The predicted octanol–water partition coefficient (Wildman–Crippen LogP) is 5.94. The topological polar surface area (TPSA) is 9.23 Å². The molecule has 2 aliphatic rings. The molecule has 0 N–H and O–H groups in total. The molecule has 1 aromatic rings. The highest BCUT2D eigenvalue weighted by Gasteiger charge is 2.30. The maximum Gasteiger partial charge on any atom is 0.165 e. The Morgan fingerprint density at radius 1 is 1.04 bits per heavy atom. The summed E-state index contributed by atoms with van der Waals surface area (Å²) in [5.74, 6) is 5.62. The van der Waals surface area contributed by atoms with E-state index in [1.165, 1.54) is 51.4 Å². The van der Waals surface area contributed by atoms with E-state index in [2.05, 4.69) is 12.8 Å². The van der Waals surface area contributed by atoms with Crippen LogP contribution in [-0.4, -0.2) is 6.61 Å². The lowest BCUT2D eigenvalue weighted by Crippen LogP contribution is -2.24. The lowest BCUT2D eigenvalue weighted by Gasteiger charge is -2.37. The van der Waals surface area contributed by atoms with Gasteiger partial charge in [0, 0.05) is 0 Å². The summed E-state index contributed by atoms with van der Waals surface area (Å²) in [5, 5.41) is 0. The summed E-state index contributed by atoms with van der Waals surface area (Å²) in [6.45, 7) is 2.50. The fraction of sp³-hybridized carbons (Fsp3) is 0.636. The van der Waals surface area contributed by atoms with Gasteiger partial charge in [0.25, 0.3) is 0 Å². The number of halogens is 1. The van der Waals surface area contributed by atoms with E-state index in [9.17, 15) is 4.39 Å². The van der Waals surface area contributed by atoms with Crippen molar-refractivity contribution in [3.05, 3.63) is 29.6 Å². The molecule has 2 heteroatoms. The summed E-state index contributed by atoms with van der Waals surface area (Å²) in [6.07, 6.45) is 15.8. The zero-order valence-electron chi connectivity index (χ0n) is 14.8. The van der Waals surface area contributed by atoms with Crippen LogP contribution in [-0.2, 0) is 0 Å². The molecule has 0 bridgehead atoms. The summed E-state index contributed by atoms with van der Waals surface area (Å²) < 4.78 is 19.4. The average molecular weight is 328 g/mol. The largest absolute Gasteiger partial charge is 0.478 e. The summed E-state index contributed by atoms with van der Waals surface area (Å²) in [4.78, 5) is 0. The highest BCUT2D eigenvalue weighted by molar-refractivity contribution is 5.31. The Morgan fingerprint density at radius 2 is 1.67 bits per heavy atom. The molecular weight excluding hydrogens is 299 g/mol. The second-order valence-corrected chi connectivity index (χ2v) is 7.81. The number of ether oxygens (including phenoxy) is 1. The Balaban J connectivity index is 1.55. The van der Waals surface area contributed by atoms with Crippen LogP contribution in [0.5, 0.6) is 5.75 Å². The molecule has 0 unspecified atom stereocenters. The van der Waals surface area contributed by atoms with Gasteiger partial charge in [-0.15, -0.1) is 6.42 Å². The molecule has 3 rings (SSSR count). The van der Waals surface area contributed by atoms with Crippen molar-refractivity contribution in [1.29, 1.82) is 0 Å². The van der Waals surface area contributed by atoms with E-state index >= 15 is 0 Å². The van der Waals surface area contributed by atoms with E-state index in [0.717, 1.165) is 23.3 Å². The molecule has 24 heavy (non-hydrogen) atoms. The van der Waals surface area contributed by atoms with Crippen LogP contribution in [0, 0.1) is 35.9 Å². The molecule has 130 valence electrons. The molecule has 0 atom stereocenters. The molecule has 2 aliphatic carbocycles. The van der Waals surface area contributed by atoms with Gasteiger partial charge in [-0.3, -0.25) is 0 Å². The fourth-order valence-electron chi connectivity index (χ4n) is 4.69. The van der Waals surface area contributed by atoms with E-state index in [4.69, 9.17) is 11.2 Å². The minimum absolute atomic E-state index is 0.112. The van der Waals surface area contributed by atoms with E-state index in [0.29, 0.717) is 5.92 Å². The second kappa shape index (κ2) is 8.06. The van der Waals surface area contributed by atoms with Crippen molar-refractivity contribution in [2.45, 2.75) is 64.2 Å². The average Bonchev–Trinajstić information content (AvgIpc) is 2.61. The summed E-state index contributed by atoms with van der Waals surface area (Å²) in [6, 6.07) is 5.40. The molecular formula is C22H29FO. The van der Waals surface area contributed by atoms with Gasteiger partial charge < -0.3 is 4.74 Å². The molecule has 0 spiro atoms. The molecule has 0 aliphatic heterocycles. The van der Waals surface area contributed by atoms with Gasteiger partial charge in [0.1, 0.15) is 6.61 Å². The Labute approximate surface area is 146 Å². The standard InChI is InChI=1S/C22H29FO/c1-3-14-24-22-13-12-20(15-21(22)23)19-10-8-18(9-11-19)17-6-4-16(2)5-7-17/h1,12-13,15-19H,4-11,14H2,2H3. The first-order chi connectivity index (χ1) is 11.7. The molecule has 2 fully saturated rings. The number of hydrogen-bond donors (Lipinski definition) is 0. The number of terminal acetylenes is 1. The molecule has 0 aromatic heterocycles. The summed E-state index contributed by atoms with van der Waals surface area (Å²) in [5.41, 5.74) is 1.12. The first-order valence-electron chi connectivity index (χ1n) is 9.53. The molecule has 1 nitrogen and oxygen atoms in total. The second-order valence-electron chi connectivity index (χ2n) is 7.81. The third-order valence-electron chi connectivity index (χ3n) is 6.24. The third-order valence-corrected chi connectivity index (χ3v) is 6.24. The number of rotatable bonds is 4. The minimum atomic E-state index is -0.286. The van der Waals surface area contributed by atoms with E-state index < -0.39 is 0 Å². The van der Waals surface area contributed by atoms with Gasteiger partial charge in [0.05, 0.1) is 0 Å². The molecule has 0 amide bonds. The van der Waals surface area contributed by atoms with Crippen LogP contribution in [0.25, 0.3) is 0 Å². The van der Waals surface area contributed by atoms with Gasteiger partial charge in [-0.1, -0.05) is 31.8 Å². The Bertz CT molecular complexity index is 572. The van der Waals surface area contributed by atoms with Crippen LogP contribution in [0.15, 0.2) is 18.2 Å². The van der Waals surface area contributed by atoms with Crippen LogP contribution in [0.3, 0.4) is 0 Å². The van der Waals surface area contributed by atoms with Gasteiger partial charge in [0.15, 0.2) is 11.6 Å². The van der Waals surface area contributed by atoms with Crippen molar-refractivity contribution in [2.75, 3.05) is 6.61 Å². The Morgan fingerprint density at radius 3 is 2.25 bits per heavy atom. The van der Waals surface area contributed by atoms with Crippen molar-refractivity contribution < 1.29 is 9.13 Å². The highest BCUT2D eigenvalue weighted by atomic mass is 19.1. The lowest BCUT2D eigenvalue weighted by molar-refractivity contribution is 0.165. The Hall–Kier alpha value is -1.49. The van der Waals surface area contributed by atoms with E-state index in [-0.39, 0.29) is 18.2 Å². The Kier molecular flexibility index (Phi) is 5.82. The zero-order valence-corrected chi connectivity index (χ0v) is 14.8. The molecule has 1 aromatic carbocycles. The number of benzene rings is 1. The van der Waals surface area contributed by atoms with E-state index in [1.54, 1.807) is 12.1 Å². The quantitative estimate of drug-likeness (QED) is 0.622. The lowest BCUT2D eigenvalue weighted by atomic mass is 9.68. The third kappa shape index (κ3) is 4.12. The molecule has 2 saturated carbocycles. The van der Waals surface area contributed by atoms with Gasteiger partial charge in [-0.25, -0.2) is 4.39 Å². The molecule has 0 saturated heterocycles. The van der Waals surface area contributed by atoms with Crippen LogP contribution in [0.1, 0.15) is 69.8 Å². The van der Waals surface area contributed by atoms with Gasteiger partial charge >= 0.3 is 0 Å². The van der Waals surface area contributed by atoms with Crippen LogP contribution in [0.4, 0.5) is 4.39 Å². The van der Waals surface area contributed by atoms with Crippen molar-refractivity contribution in [3.8, 4) is 18.1 Å². The maximum absolute atomic E-state index is 14.1. The summed E-state index contributed by atoms with van der Waals surface area (Å²) in [7, 11) is 0. The van der Waals surface area contributed by atoms with Gasteiger partial charge in [-0.2, -0.15) is 0 Å². The monoisotopic (exact) mass is 328 g/mol. The van der Waals surface area contributed by atoms with Crippen molar-refractivity contribution in [3.63, 3.8) is 0 Å². The van der Waals surface area contributed by atoms with Crippen LogP contribution in [0.2, 0.25) is 0 Å². The van der Waals surface area contributed by atoms with Crippen LogP contribution >= 0.6 is 0 Å². The highest BCUT2D eigenvalue weighted by Crippen LogP contribution is 2.44. The number of hydrogen-bond acceptors (Lipinski definition) is 1.